The minimum absolute atomic E-state index is 0.00175. The van der Waals surface area contributed by atoms with Gasteiger partial charge in [0.15, 0.2) is 0 Å². The molecule has 3 atom stereocenters. The summed E-state index contributed by atoms with van der Waals surface area (Å²) in [6.07, 6.45) is 2.57. The Morgan fingerprint density at radius 2 is 1.67 bits per heavy atom. The first-order valence-electron chi connectivity index (χ1n) is 11.9. The van der Waals surface area contributed by atoms with Crippen molar-refractivity contribution in [2.24, 2.45) is 0 Å². The molecular formula is C27H35N3O3. The van der Waals surface area contributed by atoms with Crippen LogP contribution in [0, 0.1) is 0 Å². The molecule has 2 amide bonds. The average molecular weight is 450 g/mol. The molecule has 0 saturated carbocycles. The molecule has 0 radical (unpaired) electrons. The summed E-state index contributed by atoms with van der Waals surface area (Å²) >= 11 is 0. The van der Waals surface area contributed by atoms with Crippen molar-refractivity contribution in [2.45, 2.75) is 63.6 Å². The molecule has 1 saturated heterocycles. The van der Waals surface area contributed by atoms with E-state index < -0.39 is 11.7 Å². The molecule has 1 heterocycles. The number of hydrogen-bond acceptors (Lipinski definition) is 4. The van der Waals surface area contributed by atoms with Crippen LogP contribution in [-0.2, 0) is 16.0 Å². The van der Waals surface area contributed by atoms with E-state index in [0.29, 0.717) is 13.0 Å². The van der Waals surface area contributed by atoms with Gasteiger partial charge in [-0.15, -0.1) is 0 Å². The molecule has 33 heavy (non-hydrogen) atoms. The highest BCUT2D eigenvalue weighted by atomic mass is 16.6. The maximum absolute atomic E-state index is 13.6. The number of benzene rings is 2. The summed E-state index contributed by atoms with van der Waals surface area (Å²) in [5, 5.41) is 6.29. The van der Waals surface area contributed by atoms with Crippen LogP contribution < -0.4 is 10.6 Å². The van der Waals surface area contributed by atoms with Crippen LogP contribution in [0.5, 0.6) is 0 Å². The lowest BCUT2D eigenvalue weighted by Gasteiger charge is -2.28. The largest absolute Gasteiger partial charge is 0.444 e. The predicted octanol–water partition coefficient (Wildman–Crippen LogP) is 4.17. The SMILES string of the molecule is CC(C)(C)OC(=O)N[C@H]1c2ccccc2C[C@@H]1NC(=O)C(CN1CCCC1)c1ccccc1. The van der Waals surface area contributed by atoms with Crippen molar-refractivity contribution in [1.29, 1.82) is 0 Å². The number of nitrogens with zero attached hydrogens (tertiary/aromatic N) is 1. The molecule has 2 N–H and O–H groups in total. The number of ether oxygens (including phenoxy) is 1. The van der Waals surface area contributed by atoms with E-state index in [9.17, 15) is 9.59 Å². The van der Waals surface area contributed by atoms with Crippen molar-refractivity contribution in [3.8, 4) is 0 Å². The Kier molecular flexibility index (Phi) is 7.03. The number of nitrogens with one attached hydrogen (secondary N) is 2. The van der Waals surface area contributed by atoms with Gasteiger partial charge in [-0.3, -0.25) is 4.79 Å². The standard InChI is InChI=1S/C27H35N3O3/c1-27(2,3)33-26(32)29-24-21-14-8-7-13-20(21)17-23(24)28-25(31)22(18-30-15-9-10-16-30)19-11-5-4-6-12-19/h4-8,11-14,22-24H,9-10,15-18H2,1-3H3,(H,28,31)(H,29,32)/t22?,23-,24-/m0/s1. The second-order valence-corrected chi connectivity index (χ2v) is 10.1. The predicted molar refractivity (Wildman–Crippen MR) is 129 cm³/mol. The van der Waals surface area contributed by atoms with Gasteiger partial charge in [0.2, 0.25) is 5.91 Å². The minimum Gasteiger partial charge on any atom is -0.444 e. The smallest absolute Gasteiger partial charge is 0.408 e. The summed E-state index contributed by atoms with van der Waals surface area (Å²) in [6.45, 7) is 8.31. The quantitative estimate of drug-likeness (QED) is 0.694. The van der Waals surface area contributed by atoms with Gasteiger partial charge >= 0.3 is 6.09 Å². The number of carbonyl (C=O) groups excluding carboxylic acids is 2. The Bertz CT molecular complexity index is 964. The number of amides is 2. The highest BCUT2D eigenvalue weighted by molar-refractivity contribution is 5.84. The lowest BCUT2D eigenvalue weighted by molar-refractivity contribution is -0.123. The molecule has 2 aromatic rings. The van der Waals surface area contributed by atoms with Gasteiger partial charge in [0.05, 0.1) is 18.0 Å². The van der Waals surface area contributed by atoms with Crippen LogP contribution in [0.15, 0.2) is 54.6 Å². The number of likely N-dealkylation sites (tertiary alicyclic amines) is 1. The molecule has 1 fully saturated rings. The monoisotopic (exact) mass is 449 g/mol. The Labute approximate surface area is 196 Å². The Hall–Kier alpha value is -2.86. The maximum Gasteiger partial charge on any atom is 0.408 e. The van der Waals surface area contributed by atoms with Crippen LogP contribution in [0.25, 0.3) is 0 Å². The molecule has 176 valence electrons. The normalized spacial score (nSPS) is 21.3. The molecule has 1 unspecified atom stereocenters. The number of hydrogen-bond donors (Lipinski definition) is 2. The average Bonchev–Trinajstić information content (AvgIpc) is 3.39. The molecular weight excluding hydrogens is 414 g/mol. The summed E-state index contributed by atoms with van der Waals surface area (Å²) in [5.74, 6) is -0.253. The molecule has 6 heteroatoms. The number of fused-ring (bicyclic) bond motifs is 1. The van der Waals surface area contributed by atoms with Crippen molar-refractivity contribution in [3.05, 3.63) is 71.3 Å². The zero-order chi connectivity index (χ0) is 23.4. The third-order valence-electron chi connectivity index (χ3n) is 6.39. The highest BCUT2D eigenvalue weighted by Crippen LogP contribution is 2.32. The molecule has 4 rings (SSSR count). The van der Waals surface area contributed by atoms with E-state index >= 15 is 0 Å². The first kappa shape index (κ1) is 23.3. The van der Waals surface area contributed by atoms with Gasteiger partial charge < -0.3 is 20.3 Å². The third-order valence-corrected chi connectivity index (χ3v) is 6.39. The van der Waals surface area contributed by atoms with Crippen molar-refractivity contribution in [1.82, 2.24) is 15.5 Å². The first-order valence-corrected chi connectivity index (χ1v) is 11.9. The van der Waals surface area contributed by atoms with E-state index in [4.69, 9.17) is 4.74 Å². The van der Waals surface area contributed by atoms with Gasteiger partial charge in [-0.05, 0) is 69.8 Å². The van der Waals surface area contributed by atoms with E-state index in [-0.39, 0.29) is 23.9 Å². The van der Waals surface area contributed by atoms with E-state index in [1.807, 2.05) is 69.3 Å². The van der Waals surface area contributed by atoms with Gasteiger partial charge in [-0.25, -0.2) is 4.79 Å². The van der Waals surface area contributed by atoms with Gasteiger partial charge in [-0.2, -0.15) is 0 Å². The van der Waals surface area contributed by atoms with E-state index in [2.05, 4.69) is 21.6 Å². The molecule has 1 aliphatic heterocycles. The molecule has 6 nitrogen and oxygen atoms in total. The van der Waals surface area contributed by atoms with Crippen LogP contribution >= 0.6 is 0 Å². The van der Waals surface area contributed by atoms with Crippen molar-refractivity contribution in [2.75, 3.05) is 19.6 Å². The van der Waals surface area contributed by atoms with E-state index in [0.717, 1.165) is 29.8 Å². The molecule has 0 spiro atoms. The first-order chi connectivity index (χ1) is 15.8. The molecule has 1 aliphatic carbocycles. The lowest BCUT2D eigenvalue weighted by atomic mass is 9.96. The van der Waals surface area contributed by atoms with Crippen molar-refractivity contribution >= 4 is 12.0 Å². The van der Waals surface area contributed by atoms with Gasteiger partial charge in [0, 0.05) is 6.54 Å². The fourth-order valence-corrected chi connectivity index (χ4v) is 4.87. The van der Waals surface area contributed by atoms with Crippen LogP contribution in [-0.4, -0.2) is 48.2 Å². The number of alkyl carbamates (subject to hydrolysis) is 1. The van der Waals surface area contributed by atoms with Gasteiger partial charge in [0.1, 0.15) is 5.60 Å². The maximum atomic E-state index is 13.6. The van der Waals surface area contributed by atoms with Crippen LogP contribution in [0.1, 0.15) is 62.3 Å². The van der Waals surface area contributed by atoms with Crippen LogP contribution in [0.4, 0.5) is 4.79 Å². The molecule has 0 aromatic heterocycles. The fourth-order valence-electron chi connectivity index (χ4n) is 4.87. The lowest BCUT2D eigenvalue weighted by Crippen LogP contribution is -2.48. The zero-order valence-corrected chi connectivity index (χ0v) is 19.8. The molecule has 2 aliphatic rings. The highest BCUT2D eigenvalue weighted by Gasteiger charge is 2.37. The Morgan fingerprint density at radius 3 is 2.36 bits per heavy atom. The molecule has 2 aromatic carbocycles. The van der Waals surface area contributed by atoms with Crippen molar-refractivity contribution < 1.29 is 14.3 Å². The summed E-state index contributed by atoms with van der Waals surface area (Å²) < 4.78 is 5.50. The summed E-state index contributed by atoms with van der Waals surface area (Å²) in [6, 6.07) is 17.5. The van der Waals surface area contributed by atoms with Gasteiger partial charge in [0.25, 0.3) is 0 Å². The zero-order valence-electron chi connectivity index (χ0n) is 19.8. The number of carbonyl (C=O) groups is 2. The fraction of sp³-hybridized carbons (Fsp3) is 0.481. The minimum atomic E-state index is -0.588. The van der Waals surface area contributed by atoms with Crippen LogP contribution in [0.2, 0.25) is 0 Å². The second-order valence-electron chi connectivity index (χ2n) is 10.1. The van der Waals surface area contributed by atoms with Gasteiger partial charge in [-0.1, -0.05) is 54.6 Å². The Balaban J connectivity index is 1.53. The topological polar surface area (TPSA) is 70.7 Å². The van der Waals surface area contributed by atoms with E-state index in [1.54, 1.807) is 0 Å². The summed E-state index contributed by atoms with van der Waals surface area (Å²) in [7, 11) is 0. The van der Waals surface area contributed by atoms with E-state index in [1.165, 1.54) is 12.8 Å². The Morgan fingerprint density at radius 1 is 1.00 bits per heavy atom. The second kappa shape index (κ2) is 9.96. The summed E-state index contributed by atoms with van der Waals surface area (Å²) in [5.41, 5.74) is 2.60. The third kappa shape index (κ3) is 5.93. The number of rotatable bonds is 6. The summed E-state index contributed by atoms with van der Waals surface area (Å²) in [4.78, 5) is 28.6. The molecule has 0 bridgehead atoms. The van der Waals surface area contributed by atoms with Crippen molar-refractivity contribution in [3.63, 3.8) is 0 Å². The van der Waals surface area contributed by atoms with Crippen LogP contribution in [0.3, 0.4) is 0 Å².